The number of aliphatic imine (C=N–C) groups is 1. The maximum atomic E-state index is 12.9. The molecule has 35 heavy (non-hydrogen) atoms. The number of aryl methyl sites for hydroxylation is 3. The minimum absolute atomic E-state index is 0.112. The molecule has 0 fully saturated rings. The molecule has 2 aromatic carbocycles. The molecule has 0 aliphatic carbocycles. The fraction of sp³-hybridized carbons (Fsp3) is 0.185. The van der Waals surface area contributed by atoms with Crippen molar-refractivity contribution in [2.24, 2.45) is 9.39 Å². The third-order valence-electron chi connectivity index (χ3n) is 5.94. The summed E-state index contributed by atoms with van der Waals surface area (Å²) in [7, 11) is 0. The Morgan fingerprint density at radius 3 is 2.46 bits per heavy atom. The lowest BCUT2D eigenvalue weighted by Gasteiger charge is -2.24. The van der Waals surface area contributed by atoms with Gasteiger partial charge in [-0.2, -0.15) is 9.39 Å². The summed E-state index contributed by atoms with van der Waals surface area (Å²) < 4.78 is 6.67. The number of fused-ring (bicyclic) bond motifs is 1. The number of nitrogens with zero attached hydrogens (tertiary/aromatic N) is 4. The molecule has 0 saturated heterocycles. The van der Waals surface area contributed by atoms with E-state index in [-0.39, 0.29) is 11.4 Å². The van der Waals surface area contributed by atoms with Gasteiger partial charge in [-0.15, -0.1) is 0 Å². The number of rotatable bonds is 4. The van der Waals surface area contributed by atoms with Crippen LogP contribution in [0.25, 0.3) is 11.8 Å². The fourth-order valence-electron chi connectivity index (χ4n) is 4.38. The van der Waals surface area contributed by atoms with Gasteiger partial charge < -0.3 is 4.57 Å². The Balaban J connectivity index is 1.45. The van der Waals surface area contributed by atoms with Crippen LogP contribution in [0.1, 0.15) is 33.6 Å². The van der Waals surface area contributed by atoms with Crippen molar-refractivity contribution in [3.05, 3.63) is 93.8 Å². The van der Waals surface area contributed by atoms with Crippen molar-refractivity contribution >= 4 is 51.9 Å². The summed E-state index contributed by atoms with van der Waals surface area (Å²) in [6.07, 6.45) is 1.79. The molecule has 176 valence electrons. The number of hydrogen-bond acceptors (Lipinski definition) is 5. The lowest BCUT2D eigenvalue weighted by molar-refractivity contribution is -0.114. The van der Waals surface area contributed by atoms with Crippen LogP contribution >= 0.6 is 23.7 Å². The summed E-state index contributed by atoms with van der Waals surface area (Å²) in [5, 5.41) is 9.97. The molecule has 6 nitrogen and oxygen atoms in total. The Hall–Kier alpha value is -3.36. The van der Waals surface area contributed by atoms with Gasteiger partial charge in [-0.1, -0.05) is 48.2 Å². The van der Waals surface area contributed by atoms with Crippen LogP contribution < -0.4 is 0 Å². The predicted octanol–water partition coefficient (Wildman–Crippen LogP) is 6.22. The molecular formula is C27H25N5OS2. The highest BCUT2D eigenvalue weighted by molar-refractivity contribution is 8.18. The second kappa shape index (κ2) is 9.36. The number of amidine groups is 3. The standard InChI is InChI=1S/C27H25N5OS2/c1-16-10-17(2)12-22(11-16)31-18(3)13-21(19(31)4)14-23-24(28)32-26(29-25(23)33)35-30-27(32)34-15-20-8-6-5-7-9-20/h5-14,28H,15H2,1-4H3. The molecule has 0 radical (unpaired) electrons. The molecule has 0 unspecified atom stereocenters. The van der Waals surface area contributed by atoms with Crippen molar-refractivity contribution in [2.45, 2.75) is 33.4 Å². The molecule has 5 rings (SSSR count). The van der Waals surface area contributed by atoms with E-state index in [1.54, 1.807) is 11.0 Å². The zero-order valence-electron chi connectivity index (χ0n) is 20.0. The van der Waals surface area contributed by atoms with E-state index in [1.807, 2.05) is 25.1 Å². The second-order valence-corrected chi connectivity index (χ2v) is 10.4. The number of carbonyl (C=O) groups excluding carboxylic acids is 1. The third-order valence-corrected chi connectivity index (χ3v) is 7.77. The first-order valence-corrected chi connectivity index (χ1v) is 13.0. The van der Waals surface area contributed by atoms with Gasteiger partial charge in [0, 0.05) is 22.8 Å². The average Bonchev–Trinajstić information content (AvgIpc) is 3.34. The van der Waals surface area contributed by atoms with Crippen molar-refractivity contribution in [2.75, 3.05) is 0 Å². The normalized spacial score (nSPS) is 16.6. The lowest BCUT2D eigenvalue weighted by atomic mass is 10.1. The van der Waals surface area contributed by atoms with Gasteiger partial charge >= 0.3 is 0 Å². The number of benzene rings is 2. The summed E-state index contributed by atoms with van der Waals surface area (Å²) in [6.45, 7) is 8.28. The van der Waals surface area contributed by atoms with Crippen LogP contribution in [0.15, 0.2) is 69.6 Å². The van der Waals surface area contributed by atoms with Gasteiger partial charge in [0.15, 0.2) is 5.17 Å². The fourth-order valence-corrected chi connectivity index (χ4v) is 6.18. The first-order chi connectivity index (χ1) is 16.8. The van der Waals surface area contributed by atoms with Gasteiger partial charge in [-0.25, -0.2) is 4.90 Å². The quantitative estimate of drug-likeness (QED) is 0.342. The molecule has 2 aliphatic rings. The molecule has 0 saturated carbocycles. The molecular weight excluding hydrogens is 474 g/mol. The summed E-state index contributed by atoms with van der Waals surface area (Å²) in [5.74, 6) is 0.427. The Bertz CT molecular complexity index is 1430. The van der Waals surface area contributed by atoms with Gasteiger partial charge in [0.2, 0.25) is 5.17 Å². The molecule has 1 N–H and O–H groups in total. The van der Waals surface area contributed by atoms with Gasteiger partial charge in [-0.05, 0) is 74.2 Å². The number of hydrogen-bond donors (Lipinski definition) is 1. The monoisotopic (exact) mass is 499 g/mol. The first kappa shape index (κ1) is 23.4. The Labute approximate surface area is 213 Å². The van der Waals surface area contributed by atoms with Crippen molar-refractivity contribution in [3.63, 3.8) is 0 Å². The molecule has 3 heterocycles. The van der Waals surface area contributed by atoms with E-state index in [1.165, 1.54) is 28.5 Å². The van der Waals surface area contributed by atoms with Crippen molar-refractivity contribution in [1.29, 1.82) is 5.41 Å². The Morgan fingerprint density at radius 1 is 1.03 bits per heavy atom. The molecule has 8 heteroatoms. The number of carbonyl (C=O) groups is 1. The molecule has 1 aromatic heterocycles. The number of thioether (sulfide) groups is 1. The van der Waals surface area contributed by atoms with Crippen LogP contribution in [0.5, 0.6) is 0 Å². The predicted molar refractivity (Wildman–Crippen MR) is 147 cm³/mol. The molecule has 3 aromatic rings. The van der Waals surface area contributed by atoms with Gasteiger partial charge in [0.25, 0.3) is 5.91 Å². The summed E-state index contributed by atoms with van der Waals surface area (Å²) in [4.78, 5) is 18.8. The molecule has 0 spiro atoms. The average molecular weight is 500 g/mol. The van der Waals surface area contributed by atoms with Crippen LogP contribution in [-0.4, -0.2) is 31.5 Å². The highest BCUT2D eigenvalue weighted by Crippen LogP contribution is 2.33. The SMILES string of the molecule is Cc1cc(C)cc(-n2c(C)cc(C=C3C(=N)N4C(SCc5ccccc5)=NSC4=NC3=O)c2C)c1. The number of amides is 1. The minimum Gasteiger partial charge on any atom is -0.318 e. The van der Waals surface area contributed by atoms with E-state index >= 15 is 0 Å². The van der Waals surface area contributed by atoms with E-state index in [9.17, 15) is 4.79 Å². The van der Waals surface area contributed by atoms with Crippen LogP contribution in [0.2, 0.25) is 0 Å². The smallest absolute Gasteiger partial charge is 0.283 e. The van der Waals surface area contributed by atoms with E-state index in [0.717, 1.165) is 40.3 Å². The van der Waals surface area contributed by atoms with E-state index in [0.29, 0.717) is 10.3 Å². The number of nitrogens with one attached hydrogen (secondary N) is 1. The molecule has 1 amide bonds. The zero-order chi connectivity index (χ0) is 24.7. The van der Waals surface area contributed by atoms with Gasteiger partial charge in [0.1, 0.15) is 5.84 Å². The van der Waals surface area contributed by atoms with E-state index in [4.69, 9.17) is 5.41 Å². The zero-order valence-corrected chi connectivity index (χ0v) is 21.6. The largest absolute Gasteiger partial charge is 0.318 e. The maximum Gasteiger partial charge on any atom is 0.283 e. The highest BCUT2D eigenvalue weighted by atomic mass is 32.2. The van der Waals surface area contributed by atoms with E-state index < -0.39 is 5.91 Å². The summed E-state index contributed by atoms with van der Waals surface area (Å²) >= 11 is 2.68. The van der Waals surface area contributed by atoms with Crippen LogP contribution in [0, 0.1) is 33.1 Å². The molecule has 2 aliphatic heterocycles. The summed E-state index contributed by atoms with van der Waals surface area (Å²) in [6, 6.07) is 18.6. The van der Waals surface area contributed by atoms with Crippen molar-refractivity contribution in [3.8, 4) is 5.69 Å². The topological polar surface area (TPSA) is 73.8 Å². The maximum absolute atomic E-state index is 12.9. The van der Waals surface area contributed by atoms with Crippen LogP contribution in [0.4, 0.5) is 0 Å². The van der Waals surface area contributed by atoms with Gasteiger partial charge in [0.05, 0.1) is 17.5 Å². The van der Waals surface area contributed by atoms with Crippen LogP contribution in [0.3, 0.4) is 0 Å². The molecule has 0 bridgehead atoms. The lowest BCUT2D eigenvalue weighted by Crippen LogP contribution is -2.41. The third kappa shape index (κ3) is 4.51. The Morgan fingerprint density at radius 2 is 1.74 bits per heavy atom. The second-order valence-electron chi connectivity index (χ2n) is 8.69. The molecule has 0 atom stereocenters. The Kier molecular flexibility index (Phi) is 6.25. The van der Waals surface area contributed by atoms with E-state index in [2.05, 4.69) is 71.1 Å². The van der Waals surface area contributed by atoms with Crippen molar-refractivity contribution in [1.82, 2.24) is 9.47 Å². The number of aromatic nitrogens is 1. The van der Waals surface area contributed by atoms with Gasteiger partial charge in [-0.3, -0.25) is 10.2 Å². The minimum atomic E-state index is -0.408. The first-order valence-electron chi connectivity index (χ1n) is 11.2. The highest BCUT2D eigenvalue weighted by Gasteiger charge is 2.37. The summed E-state index contributed by atoms with van der Waals surface area (Å²) in [5.41, 5.74) is 7.91. The van der Waals surface area contributed by atoms with Crippen LogP contribution in [-0.2, 0) is 10.5 Å². The van der Waals surface area contributed by atoms with Crippen molar-refractivity contribution < 1.29 is 4.79 Å².